The van der Waals surface area contributed by atoms with Crippen molar-refractivity contribution < 1.29 is 35.3 Å². The fourth-order valence-electron chi connectivity index (χ4n) is 3.24. The molecule has 1 saturated heterocycles. The van der Waals surface area contributed by atoms with Crippen molar-refractivity contribution in [1.29, 1.82) is 0 Å². The van der Waals surface area contributed by atoms with E-state index in [0.717, 1.165) is 5.56 Å². The average molecular weight is 443 g/mol. The molecule has 10 heteroatoms. The Bertz CT molecular complexity index is 971. The van der Waals surface area contributed by atoms with Gasteiger partial charge in [-0.1, -0.05) is 48.5 Å². The third kappa shape index (κ3) is 5.24. The summed E-state index contributed by atoms with van der Waals surface area (Å²) < 4.78 is 70.4. The highest BCUT2D eigenvalue weighted by atomic mass is 32.2. The summed E-state index contributed by atoms with van der Waals surface area (Å²) in [5.41, 5.74) is -4.29. The topological polar surface area (TPSA) is 72.9 Å². The number of para-hydroxylation sites is 1. The van der Waals surface area contributed by atoms with E-state index in [0.29, 0.717) is 31.5 Å². The maximum Gasteiger partial charge on any atom is 0.534 e. The molecule has 30 heavy (non-hydrogen) atoms. The van der Waals surface area contributed by atoms with Gasteiger partial charge in [0.15, 0.2) is 0 Å². The van der Waals surface area contributed by atoms with E-state index in [4.69, 9.17) is 4.74 Å². The van der Waals surface area contributed by atoms with Crippen LogP contribution in [0.2, 0.25) is 0 Å². The number of hydrogen-bond donors (Lipinski definition) is 0. The Morgan fingerprint density at radius 3 is 2.23 bits per heavy atom. The summed E-state index contributed by atoms with van der Waals surface area (Å²) >= 11 is 0. The lowest BCUT2D eigenvalue weighted by molar-refractivity contribution is -0.0500. The van der Waals surface area contributed by atoms with Crippen LogP contribution in [-0.4, -0.2) is 38.0 Å². The first-order valence-corrected chi connectivity index (χ1v) is 10.6. The summed E-state index contributed by atoms with van der Waals surface area (Å²) in [6.45, 7) is 0.808. The quantitative estimate of drug-likeness (QED) is 0.505. The van der Waals surface area contributed by atoms with Crippen LogP contribution in [0.1, 0.15) is 29.9 Å². The molecule has 0 radical (unpaired) electrons. The lowest BCUT2D eigenvalue weighted by atomic mass is 9.89. The molecule has 2 aromatic rings. The summed E-state index contributed by atoms with van der Waals surface area (Å²) in [6, 6.07) is 15.0. The van der Waals surface area contributed by atoms with Gasteiger partial charge in [0.05, 0.1) is 0 Å². The molecule has 1 aliphatic rings. The standard InChI is InChI=1S/C20H20F3NO5S/c21-20(22,23)30(26,27)29-18-9-5-4-8-17(18)16-10-12-24(13-11-16)19(25)28-14-15-6-2-1-3-7-15/h1-9,16H,10-14H2. The first kappa shape index (κ1) is 21.9. The molecule has 1 amide bonds. The van der Waals surface area contributed by atoms with E-state index < -0.39 is 21.7 Å². The molecule has 0 saturated carbocycles. The molecule has 0 N–H and O–H groups in total. The molecule has 0 bridgehead atoms. The van der Waals surface area contributed by atoms with Crippen LogP contribution in [0.4, 0.5) is 18.0 Å². The lowest BCUT2D eigenvalue weighted by Crippen LogP contribution is -2.38. The summed E-state index contributed by atoms with van der Waals surface area (Å²) in [5.74, 6) is -0.595. The number of hydrogen-bond acceptors (Lipinski definition) is 5. The van der Waals surface area contributed by atoms with Crippen LogP contribution in [0.15, 0.2) is 54.6 Å². The van der Waals surface area contributed by atoms with Gasteiger partial charge in [-0.2, -0.15) is 21.6 Å². The van der Waals surface area contributed by atoms with Gasteiger partial charge in [0.1, 0.15) is 12.4 Å². The van der Waals surface area contributed by atoms with Crippen molar-refractivity contribution in [3.63, 3.8) is 0 Å². The molecule has 1 fully saturated rings. The average Bonchev–Trinajstić information content (AvgIpc) is 2.72. The van der Waals surface area contributed by atoms with Crippen LogP contribution >= 0.6 is 0 Å². The van der Waals surface area contributed by atoms with Crippen molar-refractivity contribution in [2.75, 3.05) is 13.1 Å². The number of alkyl halides is 3. The van der Waals surface area contributed by atoms with Crippen molar-refractivity contribution in [1.82, 2.24) is 4.90 Å². The van der Waals surface area contributed by atoms with Gasteiger partial charge in [-0.05, 0) is 36.0 Å². The number of carbonyl (C=O) groups excluding carboxylic acids is 1. The van der Waals surface area contributed by atoms with Gasteiger partial charge in [0.2, 0.25) is 0 Å². The number of carbonyl (C=O) groups is 1. The smallest absolute Gasteiger partial charge is 0.445 e. The van der Waals surface area contributed by atoms with Gasteiger partial charge in [-0.3, -0.25) is 0 Å². The molecule has 6 nitrogen and oxygen atoms in total. The Kier molecular flexibility index (Phi) is 6.55. The monoisotopic (exact) mass is 443 g/mol. The number of likely N-dealkylation sites (tertiary alicyclic amines) is 1. The molecule has 0 unspecified atom stereocenters. The third-order valence-electron chi connectivity index (χ3n) is 4.80. The van der Waals surface area contributed by atoms with Crippen molar-refractivity contribution >= 4 is 16.2 Å². The minimum Gasteiger partial charge on any atom is -0.445 e. The fraction of sp³-hybridized carbons (Fsp3) is 0.350. The first-order valence-electron chi connectivity index (χ1n) is 9.22. The number of rotatable bonds is 5. The summed E-state index contributed by atoms with van der Waals surface area (Å²) in [7, 11) is -5.75. The van der Waals surface area contributed by atoms with Crippen molar-refractivity contribution in [2.45, 2.75) is 30.9 Å². The maximum atomic E-state index is 12.7. The fourth-order valence-corrected chi connectivity index (χ4v) is 3.73. The zero-order valence-corrected chi connectivity index (χ0v) is 16.7. The molecule has 3 rings (SSSR count). The number of benzene rings is 2. The Hall–Kier alpha value is -2.75. The number of nitrogens with zero attached hydrogens (tertiary/aromatic N) is 1. The maximum absolute atomic E-state index is 12.7. The summed E-state index contributed by atoms with van der Waals surface area (Å²) in [6.07, 6.45) is 0.404. The van der Waals surface area contributed by atoms with Crippen molar-refractivity contribution in [3.8, 4) is 5.75 Å². The predicted molar refractivity (Wildman–Crippen MR) is 102 cm³/mol. The van der Waals surface area contributed by atoms with E-state index >= 15 is 0 Å². The first-order chi connectivity index (χ1) is 14.2. The number of ether oxygens (including phenoxy) is 1. The minimum absolute atomic E-state index is 0.144. The van der Waals surface area contributed by atoms with E-state index in [2.05, 4.69) is 4.18 Å². The lowest BCUT2D eigenvalue weighted by Gasteiger charge is -2.32. The van der Waals surface area contributed by atoms with Gasteiger partial charge in [0.25, 0.3) is 0 Å². The Morgan fingerprint density at radius 1 is 1.00 bits per heavy atom. The molecule has 0 spiro atoms. The second-order valence-electron chi connectivity index (χ2n) is 6.82. The summed E-state index contributed by atoms with van der Waals surface area (Å²) in [4.78, 5) is 13.8. The minimum atomic E-state index is -5.75. The zero-order chi connectivity index (χ0) is 21.8. The van der Waals surface area contributed by atoms with E-state index in [1.807, 2.05) is 30.3 Å². The molecule has 0 aliphatic carbocycles. The third-order valence-corrected chi connectivity index (χ3v) is 5.77. The SMILES string of the molecule is O=C(OCc1ccccc1)N1CCC(c2ccccc2OS(=O)(=O)C(F)(F)F)CC1. The second-order valence-corrected chi connectivity index (χ2v) is 8.36. The highest BCUT2D eigenvalue weighted by molar-refractivity contribution is 7.88. The van der Waals surface area contributed by atoms with E-state index in [1.54, 1.807) is 6.07 Å². The van der Waals surface area contributed by atoms with E-state index in [1.165, 1.54) is 23.1 Å². The molecule has 1 heterocycles. The zero-order valence-electron chi connectivity index (χ0n) is 15.8. The highest BCUT2D eigenvalue weighted by Gasteiger charge is 2.49. The van der Waals surface area contributed by atoms with Crippen LogP contribution in [0.25, 0.3) is 0 Å². The number of halogens is 3. The Balaban J connectivity index is 1.61. The molecule has 2 aromatic carbocycles. The van der Waals surface area contributed by atoms with Crippen LogP contribution < -0.4 is 4.18 Å². The van der Waals surface area contributed by atoms with Crippen LogP contribution in [0.3, 0.4) is 0 Å². The van der Waals surface area contributed by atoms with Gasteiger partial charge in [-0.15, -0.1) is 0 Å². The molecule has 1 aliphatic heterocycles. The number of piperidine rings is 1. The second kappa shape index (κ2) is 8.95. The predicted octanol–water partition coefficient (Wildman–Crippen LogP) is 4.43. The summed E-state index contributed by atoms with van der Waals surface area (Å²) in [5, 5.41) is 0. The molecular formula is C20H20F3NO5S. The van der Waals surface area contributed by atoms with E-state index in [9.17, 15) is 26.4 Å². The van der Waals surface area contributed by atoms with E-state index in [-0.39, 0.29) is 18.3 Å². The molecule has 0 aromatic heterocycles. The Labute approximate surface area is 172 Å². The van der Waals surface area contributed by atoms with Crippen LogP contribution in [0, 0.1) is 0 Å². The van der Waals surface area contributed by atoms with Crippen molar-refractivity contribution in [3.05, 3.63) is 65.7 Å². The van der Waals surface area contributed by atoms with Gasteiger partial charge < -0.3 is 13.8 Å². The van der Waals surface area contributed by atoms with Crippen molar-refractivity contribution in [2.24, 2.45) is 0 Å². The molecule has 0 atom stereocenters. The van der Waals surface area contributed by atoms with Gasteiger partial charge >= 0.3 is 21.7 Å². The van der Waals surface area contributed by atoms with Crippen LogP contribution in [0.5, 0.6) is 5.75 Å². The van der Waals surface area contributed by atoms with Gasteiger partial charge in [-0.25, -0.2) is 4.79 Å². The largest absolute Gasteiger partial charge is 0.534 e. The Morgan fingerprint density at radius 2 is 1.60 bits per heavy atom. The number of amides is 1. The normalized spacial score (nSPS) is 15.6. The highest BCUT2D eigenvalue weighted by Crippen LogP contribution is 2.36. The van der Waals surface area contributed by atoms with Gasteiger partial charge in [0, 0.05) is 13.1 Å². The molecular weight excluding hydrogens is 423 g/mol. The van der Waals surface area contributed by atoms with Crippen LogP contribution in [-0.2, 0) is 21.5 Å². The molecule has 162 valence electrons.